The van der Waals surface area contributed by atoms with Crippen LogP contribution in [0, 0.1) is 0 Å². The molecule has 0 aliphatic carbocycles. The smallest absolute Gasteiger partial charge is 0.318 e. The van der Waals surface area contributed by atoms with Crippen LogP contribution in [0.5, 0.6) is 6.01 Å². The predicted molar refractivity (Wildman–Crippen MR) is 161 cm³/mol. The summed E-state index contributed by atoms with van der Waals surface area (Å²) < 4.78 is 14.0. The number of imidazole rings is 1. The highest BCUT2D eigenvalue weighted by molar-refractivity contribution is 5.94. The van der Waals surface area contributed by atoms with Crippen molar-refractivity contribution in [3.8, 4) is 6.01 Å². The molecule has 3 aliphatic heterocycles. The molecule has 0 radical (unpaired) electrons. The van der Waals surface area contributed by atoms with E-state index < -0.39 is 0 Å². The maximum Gasteiger partial charge on any atom is 0.318 e. The van der Waals surface area contributed by atoms with Crippen molar-refractivity contribution in [3.63, 3.8) is 0 Å². The Morgan fingerprint density at radius 3 is 2.71 bits per heavy atom. The fraction of sp³-hybridized carbons (Fsp3) is 0.406. The van der Waals surface area contributed by atoms with Gasteiger partial charge in [-0.05, 0) is 30.4 Å². The molecule has 41 heavy (non-hydrogen) atoms. The Balaban J connectivity index is 1.16. The number of nitrogens with zero attached hydrogens (tertiary/aromatic N) is 7. The molecule has 7 rings (SSSR count). The second-order valence-corrected chi connectivity index (χ2v) is 11.0. The van der Waals surface area contributed by atoms with Gasteiger partial charge in [0.25, 0.3) is 0 Å². The summed E-state index contributed by atoms with van der Waals surface area (Å²) in [5.41, 5.74) is 4.72. The third-order valence-corrected chi connectivity index (χ3v) is 8.48. The highest BCUT2D eigenvalue weighted by Crippen LogP contribution is 2.35. The monoisotopic (exact) mass is 551 g/mol. The first-order valence-electron chi connectivity index (χ1n) is 14.7. The third-order valence-electron chi connectivity index (χ3n) is 8.48. The van der Waals surface area contributed by atoms with Gasteiger partial charge in [-0.15, -0.1) is 0 Å². The molecule has 5 heterocycles. The summed E-state index contributed by atoms with van der Waals surface area (Å²) in [5.74, 6) is 1.93. The van der Waals surface area contributed by atoms with Gasteiger partial charge in [-0.25, -0.2) is 4.98 Å². The molecule has 0 saturated carbocycles. The van der Waals surface area contributed by atoms with Gasteiger partial charge in [0, 0.05) is 55.9 Å². The molecule has 0 bridgehead atoms. The lowest BCUT2D eigenvalue weighted by Gasteiger charge is -2.35. The molecule has 1 fully saturated rings. The maximum absolute atomic E-state index is 6.24. The molecule has 0 unspecified atom stereocenters. The van der Waals surface area contributed by atoms with Crippen LogP contribution in [0.4, 0.5) is 11.5 Å². The van der Waals surface area contributed by atoms with E-state index in [0.717, 1.165) is 95.7 Å². The van der Waals surface area contributed by atoms with Crippen LogP contribution in [0.15, 0.2) is 55.2 Å². The normalized spacial score (nSPS) is 17.4. The van der Waals surface area contributed by atoms with Crippen LogP contribution in [-0.2, 0) is 30.8 Å². The van der Waals surface area contributed by atoms with Crippen LogP contribution in [0.3, 0.4) is 0 Å². The number of morpholine rings is 1. The van der Waals surface area contributed by atoms with Crippen LogP contribution < -0.4 is 14.5 Å². The molecule has 0 amide bonds. The topological polar surface area (TPSA) is 71.8 Å². The van der Waals surface area contributed by atoms with Crippen molar-refractivity contribution in [3.05, 3.63) is 78.0 Å². The van der Waals surface area contributed by atoms with Crippen molar-refractivity contribution < 1.29 is 9.47 Å². The molecule has 2 aromatic heterocycles. The standard InChI is InChI=1S/C32H37N7O2/c1-2-30-33-21-25-22-38(14-15-39(25)30)31-27-11-13-37(29-10-5-8-24-7-3-4-9-26(24)29)23-28(27)34-32(35-31)41-18-6-12-36-16-19-40-20-17-36/h2-5,7-10,21H,1,6,11-20,22-23H2. The maximum atomic E-state index is 6.24. The molecule has 3 aliphatic rings. The molecule has 0 spiro atoms. The quantitative estimate of drug-likeness (QED) is 0.303. The molecular formula is C32H37N7O2. The van der Waals surface area contributed by atoms with Crippen LogP contribution in [-0.4, -0.2) is 77.0 Å². The second-order valence-electron chi connectivity index (χ2n) is 11.0. The highest BCUT2D eigenvalue weighted by Gasteiger charge is 2.29. The Hall–Kier alpha value is -3.95. The van der Waals surface area contributed by atoms with Crippen molar-refractivity contribution in [1.82, 2.24) is 24.4 Å². The minimum Gasteiger partial charge on any atom is -0.463 e. The van der Waals surface area contributed by atoms with E-state index in [2.05, 4.69) is 73.3 Å². The first-order valence-corrected chi connectivity index (χ1v) is 14.7. The Morgan fingerprint density at radius 2 is 1.80 bits per heavy atom. The Kier molecular flexibility index (Phi) is 7.29. The molecule has 9 heteroatoms. The number of ether oxygens (including phenoxy) is 2. The van der Waals surface area contributed by atoms with Gasteiger partial charge in [-0.1, -0.05) is 43.0 Å². The van der Waals surface area contributed by atoms with Crippen molar-refractivity contribution in [2.24, 2.45) is 0 Å². The lowest BCUT2D eigenvalue weighted by molar-refractivity contribution is 0.0356. The highest BCUT2D eigenvalue weighted by atomic mass is 16.5. The molecule has 0 N–H and O–H groups in total. The number of anilines is 2. The molecule has 4 aromatic rings. The third kappa shape index (κ3) is 5.27. The number of hydrogen-bond donors (Lipinski definition) is 0. The van der Waals surface area contributed by atoms with Gasteiger partial charge in [0.15, 0.2) is 0 Å². The number of benzene rings is 2. The lowest BCUT2D eigenvalue weighted by Crippen LogP contribution is -2.38. The van der Waals surface area contributed by atoms with E-state index in [1.807, 2.05) is 12.3 Å². The molecular weight excluding hydrogens is 514 g/mol. The zero-order valence-electron chi connectivity index (χ0n) is 23.5. The minimum absolute atomic E-state index is 0.478. The van der Waals surface area contributed by atoms with Gasteiger partial charge in [0.05, 0.1) is 50.5 Å². The van der Waals surface area contributed by atoms with E-state index in [9.17, 15) is 0 Å². The number of fused-ring (bicyclic) bond motifs is 3. The van der Waals surface area contributed by atoms with E-state index in [1.54, 1.807) is 0 Å². The van der Waals surface area contributed by atoms with E-state index >= 15 is 0 Å². The largest absolute Gasteiger partial charge is 0.463 e. The van der Waals surface area contributed by atoms with Gasteiger partial charge < -0.3 is 23.8 Å². The van der Waals surface area contributed by atoms with Crippen LogP contribution in [0.1, 0.15) is 29.2 Å². The lowest BCUT2D eigenvalue weighted by atomic mass is 10.0. The van der Waals surface area contributed by atoms with Crippen molar-refractivity contribution in [2.45, 2.75) is 32.5 Å². The first kappa shape index (κ1) is 26.0. The van der Waals surface area contributed by atoms with Crippen molar-refractivity contribution in [2.75, 3.05) is 62.3 Å². The van der Waals surface area contributed by atoms with Gasteiger partial charge in [-0.2, -0.15) is 9.97 Å². The second kappa shape index (κ2) is 11.5. The number of rotatable bonds is 8. The average Bonchev–Trinajstić information content (AvgIpc) is 3.45. The van der Waals surface area contributed by atoms with Crippen LogP contribution >= 0.6 is 0 Å². The molecule has 2 aromatic carbocycles. The van der Waals surface area contributed by atoms with Crippen molar-refractivity contribution in [1.29, 1.82) is 0 Å². The summed E-state index contributed by atoms with van der Waals surface area (Å²) in [5, 5.41) is 2.53. The Morgan fingerprint density at radius 1 is 0.927 bits per heavy atom. The summed E-state index contributed by atoms with van der Waals surface area (Å²) in [7, 11) is 0. The SMILES string of the molecule is C=Cc1ncc2n1CCN(c1nc(OCCCN3CCOCC3)nc3c1CCN(c1cccc4ccccc14)C3)C2. The minimum atomic E-state index is 0.478. The Labute approximate surface area is 241 Å². The molecule has 0 atom stereocenters. The summed E-state index contributed by atoms with van der Waals surface area (Å²) in [6, 6.07) is 15.6. The molecule has 212 valence electrons. The summed E-state index contributed by atoms with van der Waals surface area (Å²) in [6.07, 6.45) is 5.61. The predicted octanol–water partition coefficient (Wildman–Crippen LogP) is 4.15. The zero-order chi connectivity index (χ0) is 27.6. The average molecular weight is 552 g/mol. The number of hydrogen-bond acceptors (Lipinski definition) is 8. The van der Waals surface area contributed by atoms with E-state index in [-0.39, 0.29) is 0 Å². The Bertz CT molecular complexity index is 1540. The molecule has 1 saturated heterocycles. The van der Waals surface area contributed by atoms with Crippen molar-refractivity contribution >= 4 is 28.4 Å². The van der Waals surface area contributed by atoms with Gasteiger partial charge in [0.2, 0.25) is 0 Å². The summed E-state index contributed by atoms with van der Waals surface area (Å²) in [4.78, 5) is 21.8. The summed E-state index contributed by atoms with van der Waals surface area (Å²) >= 11 is 0. The number of aromatic nitrogens is 4. The fourth-order valence-corrected chi connectivity index (χ4v) is 6.33. The van der Waals surface area contributed by atoms with E-state index in [4.69, 9.17) is 19.4 Å². The first-order chi connectivity index (χ1) is 20.3. The van der Waals surface area contributed by atoms with E-state index in [0.29, 0.717) is 12.6 Å². The van der Waals surface area contributed by atoms with Crippen LogP contribution in [0.25, 0.3) is 16.8 Å². The molecule has 9 nitrogen and oxygen atoms in total. The zero-order valence-corrected chi connectivity index (χ0v) is 23.5. The van der Waals surface area contributed by atoms with E-state index in [1.165, 1.54) is 27.7 Å². The van der Waals surface area contributed by atoms with Gasteiger partial charge in [-0.3, -0.25) is 4.90 Å². The fourth-order valence-electron chi connectivity index (χ4n) is 6.33. The van der Waals surface area contributed by atoms with Crippen LogP contribution in [0.2, 0.25) is 0 Å². The van der Waals surface area contributed by atoms with Gasteiger partial charge >= 0.3 is 6.01 Å². The van der Waals surface area contributed by atoms with Gasteiger partial charge in [0.1, 0.15) is 11.6 Å². The summed E-state index contributed by atoms with van der Waals surface area (Å²) in [6.45, 7) is 13.2.